The molecule has 19 heavy (non-hydrogen) atoms. The molecule has 2 N–H and O–H groups in total. The van der Waals surface area contributed by atoms with Gasteiger partial charge >= 0.3 is 0 Å². The Morgan fingerprint density at radius 1 is 1.42 bits per heavy atom. The Bertz CT molecular complexity index is 465. The second kappa shape index (κ2) is 7.60. The Morgan fingerprint density at radius 3 is 2.37 bits per heavy atom. The molecule has 0 fully saturated rings. The van der Waals surface area contributed by atoms with E-state index in [9.17, 15) is 10.1 Å². The maximum Gasteiger partial charge on any atom is 0.278 e. The molecule has 0 saturated heterocycles. The third-order valence-corrected chi connectivity index (χ3v) is 2.55. The van der Waals surface area contributed by atoms with Crippen molar-refractivity contribution in [2.75, 3.05) is 14.2 Å². The van der Waals surface area contributed by atoms with E-state index in [0.29, 0.717) is 23.5 Å². The van der Waals surface area contributed by atoms with Crippen LogP contribution >= 0.6 is 12.4 Å². The Labute approximate surface area is 117 Å². The minimum absolute atomic E-state index is 0. The van der Waals surface area contributed by atoms with Crippen LogP contribution in [0, 0.1) is 10.1 Å². The Balaban J connectivity index is 0.00000324. The SMILES string of the molecule is C=CC[C@@H](N)c1cc(OC)c(OC)cc1[N+](=O)[O-].Cl. The topological polar surface area (TPSA) is 87.6 Å². The van der Waals surface area contributed by atoms with Crippen LogP contribution in [-0.4, -0.2) is 19.1 Å². The summed E-state index contributed by atoms with van der Waals surface area (Å²) in [5.74, 6) is 0.719. The predicted molar refractivity (Wildman–Crippen MR) is 75.2 cm³/mol. The molecule has 6 nitrogen and oxygen atoms in total. The molecule has 0 aliphatic carbocycles. The van der Waals surface area contributed by atoms with Crippen LogP contribution in [0.5, 0.6) is 11.5 Å². The predicted octanol–water partition coefficient (Wildman–Crippen LogP) is 2.61. The molecule has 1 rings (SSSR count). The molecular weight excluding hydrogens is 272 g/mol. The van der Waals surface area contributed by atoms with Crippen molar-refractivity contribution in [1.82, 2.24) is 0 Å². The molecule has 0 aliphatic rings. The van der Waals surface area contributed by atoms with E-state index in [1.165, 1.54) is 26.4 Å². The number of hydrogen-bond donors (Lipinski definition) is 1. The fourth-order valence-electron chi connectivity index (χ4n) is 1.65. The first-order valence-corrected chi connectivity index (χ1v) is 5.31. The van der Waals surface area contributed by atoms with Crippen LogP contribution in [-0.2, 0) is 0 Å². The molecule has 0 saturated carbocycles. The number of ether oxygens (including phenoxy) is 2. The van der Waals surface area contributed by atoms with E-state index in [-0.39, 0.29) is 18.1 Å². The first-order valence-electron chi connectivity index (χ1n) is 5.31. The molecule has 0 unspecified atom stereocenters. The van der Waals surface area contributed by atoms with Crippen LogP contribution in [0.25, 0.3) is 0 Å². The molecule has 0 radical (unpaired) electrons. The quantitative estimate of drug-likeness (QED) is 0.494. The summed E-state index contributed by atoms with van der Waals surface area (Å²) in [7, 11) is 2.89. The molecule has 0 aliphatic heterocycles. The molecule has 0 spiro atoms. The zero-order valence-corrected chi connectivity index (χ0v) is 11.6. The summed E-state index contributed by atoms with van der Waals surface area (Å²) in [5, 5.41) is 11.0. The largest absolute Gasteiger partial charge is 0.493 e. The number of methoxy groups -OCH3 is 2. The summed E-state index contributed by atoms with van der Waals surface area (Å²) in [6.07, 6.45) is 2.06. The van der Waals surface area contributed by atoms with Crippen molar-refractivity contribution in [3.63, 3.8) is 0 Å². The van der Waals surface area contributed by atoms with Gasteiger partial charge in [-0.25, -0.2) is 0 Å². The van der Waals surface area contributed by atoms with Crippen LogP contribution in [0.1, 0.15) is 18.0 Å². The highest BCUT2D eigenvalue weighted by molar-refractivity contribution is 5.85. The zero-order chi connectivity index (χ0) is 13.7. The van der Waals surface area contributed by atoms with Crippen LogP contribution in [0.4, 0.5) is 5.69 Å². The molecule has 7 heteroatoms. The number of rotatable bonds is 6. The lowest BCUT2D eigenvalue weighted by Gasteiger charge is -2.14. The number of nitrogens with two attached hydrogens (primary N) is 1. The monoisotopic (exact) mass is 288 g/mol. The van der Waals surface area contributed by atoms with Gasteiger partial charge < -0.3 is 15.2 Å². The fraction of sp³-hybridized carbons (Fsp3) is 0.333. The van der Waals surface area contributed by atoms with Crippen LogP contribution < -0.4 is 15.2 Å². The third kappa shape index (κ3) is 3.84. The van der Waals surface area contributed by atoms with E-state index in [2.05, 4.69) is 6.58 Å². The molecule has 0 aromatic heterocycles. The van der Waals surface area contributed by atoms with E-state index in [1.54, 1.807) is 6.08 Å². The van der Waals surface area contributed by atoms with E-state index in [1.807, 2.05) is 0 Å². The molecule has 0 amide bonds. The van der Waals surface area contributed by atoms with Crippen LogP contribution in [0.15, 0.2) is 24.8 Å². The average Bonchev–Trinajstić information content (AvgIpc) is 2.37. The van der Waals surface area contributed by atoms with Crippen molar-refractivity contribution >= 4 is 18.1 Å². The van der Waals surface area contributed by atoms with Gasteiger partial charge in [-0.2, -0.15) is 0 Å². The second-order valence-corrected chi connectivity index (χ2v) is 3.65. The van der Waals surface area contributed by atoms with Crippen molar-refractivity contribution in [3.8, 4) is 11.5 Å². The van der Waals surface area contributed by atoms with Crippen molar-refractivity contribution in [1.29, 1.82) is 0 Å². The lowest BCUT2D eigenvalue weighted by atomic mass is 10.0. The van der Waals surface area contributed by atoms with Gasteiger partial charge in [0.05, 0.1) is 30.8 Å². The maximum atomic E-state index is 11.0. The summed E-state index contributed by atoms with van der Waals surface area (Å²) in [6.45, 7) is 3.57. The van der Waals surface area contributed by atoms with Crippen LogP contribution in [0.3, 0.4) is 0 Å². The molecule has 0 bridgehead atoms. The molecular formula is C12H17ClN2O4. The Kier molecular flexibility index (Phi) is 6.89. The van der Waals surface area contributed by atoms with Crippen molar-refractivity contribution < 1.29 is 14.4 Å². The van der Waals surface area contributed by atoms with E-state index >= 15 is 0 Å². The van der Waals surface area contributed by atoms with Gasteiger partial charge in [-0.1, -0.05) is 6.08 Å². The van der Waals surface area contributed by atoms with Crippen molar-refractivity contribution in [2.24, 2.45) is 5.73 Å². The highest BCUT2D eigenvalue weighted by Crippen LogP contribution is 2.37. The molecule has 0 heterocycles. The number of halogens is 1. The fourth-order valence-corrected chi connectivity index (χ4v) is 1.65. The Morgan fingerprint density at radius 2 is 1.95 bits per heavy atom. The van der Waals surface area contributed by atoms with Gasteiger partial charge in [-0.05, 0) is 12.5 Å². The summed E-state index contributed by atoms with van der Waals surface area (Å²) in [4.78, 5) is 10.5. The first-order chi connectivity index (χ1) is 8.54. The average molecular weight is 289 g/mol. The normalized spacial score (nSPS) is 11.1. The van der Waals surface area contributed by atoms with Gasteiger partial charge in [0.25, 0.3) is 5.69 Å². The lowest BCUT2D eigenvalue weighted by Crippen LogP contribution is -2.12. The van der Waals surface area contributed by atoms with Crippen molar-refractivity contribution in [2.45, 2.75) is 12.5 Å². The summed E-state index contributed by atoms with van der Waals surface area (Å²) in [6, 6.07) is 2.35. The summed E-state index contributed by atoms with van der Waals surface area (Å²) < 4.78 is 10.1. The van der Waals surface area contributed by atoms with Crippen molar-refractivity contribution in [3.05, 3.63) is 40.5 Å². The van der Waals surface area contributed by atoms with E-state index in [4.69, 9.17) is 15.2 Å². The number of nitrogens with zero attached hydrogens (tertiary/aromatic N) is 1. The maximum absolute atomic E-state index is 11.0. The van der Waals surface area contributed by atoms with Gasteiger partial charge in [0.2, 0.25) is 0 Å². The zero-order valence-electron chi connectivity index (χ0n) is 10.8. The number of hydrogen-bond acceptors (Lipinski definition) is 5. The van der Waals surface area contributed by atoms with Gasteiger partial charge in [-0.15, -0.1) is 19.0 Å². The number of nitro groups is 1. The minimum Gasteiger partial charge on any atom is -0.493 e. The summed E-state index contributed by atoms with van der Waals surface area (Å²) >= 11 is 0. The Hall–Kier alpha value is -1.79. The molecule has 1 aromatic rings. The first kappa shape index (κ1) is 17.2. The standard InChI is InChI=1S/C12H16N2O4.ClH/c1-4-5-9(13)8-6-11(17-2)12(18-3)7-10(8)14(15)16;/h4,6-7,9H,1,5,13H2,2-3H3;1H/t9-;/m1./s1. The lowest BCUT2D eigenvalue weighted by molar-refractivity contribution is -0.385. The van der Waals surface area contributed by atoms with Crippen LogP contribution in [0.2, 0.25) is 0 Å². The molecule has 1 aromatic carbocycles. The molecule has 106 valence electrons. The highest BCUT2D eigenvalue weighted by Gasteiger charge is 2.22. The number of nitro benzene ring substituents is 1. The van der Waals surface area contributed by atoms with Gasteiger partial charge in [0.1, 0.15) is 0 Å². The van der Waals surface area contributed by atoms with E-state index in [0.717, 1.165) is 0 Å². The third-order valence-electron chi connectivity index (χ3n) is 2.55. The van der Waals surface area contributed by atoms with E-state index < -0.39 is 11.0 Å². The van der Waals surface area contributed by atoms with Gasteiger partial charge in [-0.3, -0.25) is 10.1 Å². The molecule has 1 atom stereocenters. The minimum atomic E-state index is -0.497. The number of benzene rings is 1. The summed E-state index contributed by atoms with van der Waals surface area (Å²) in [5.41, 5.74) is 6.21. The highest BCUT2D eigenvalue weighted by atomic mass is 35.5. The second-order valence-electron chi connectivity index (χ2n) is 3.65. The van der Waals surface area contributed by atoms with Gasteiger partial charge in [0.15, 0.2) is 11.5 Å². The smallest absolute Gasteiger partial charge is 0.278 e. The van der Waals surface area contributed by atoms with Gasteiger partial charge in [0, 0.05) is 6.04 Å².